The second-order valence-corrected chi connectivity index (χ2v) is 6.00. The van der Waals surface area contributed by atoms with E-state index in [4.69, 9.17) is 25.6 Å². The first kappa shape index (κ1) is 16.4. The lowest BCUT2D eigenvalue weighted by Crippen LogP contribution is -2.40. The maximum atomic E-state index is 6.08. The molecule has 1 aliphatic rings. The Morgan fingerprint density at radius 2 is 2.35 bits per heavy atom. The van der Waals surface area contributed by atoms with Crippen LogP contribution in [0.5, 0.6) is 0 Å². The maximum Gasteiger partial charge on any atom is 0.243 e. The Hall–Kier alpha value is -1.47. The molecule has 6 nitrogen and oxygen atoms in total. The zero-order valence-corrected chi connectivity index (χ0v) is 14.0. The molecule has 2 aromatic rings. The van der Waals surface area contributed by atoms with Crippen molar-refractivity contribution in [2.75, 3.05) is 26.8 Å². The normalized spacial score (nSPS) is 20.6. The zero-order chi connectivity index (χ0) is 16.2. The number of benzene rings is 1. The lowest BCUT2D eigenvalue weighted by atomic mass is 10.1. The Kier molecular flexibility index (Phi) is 5.27. The molecule has 124 valence electrons. The van der Waals surface area contributed by atoms with Gasteiger partial charge in [-0.2, -0.15) is 4.98 Å². The van der Waals surface area contributed by atoms with Crippen molar-refractivity contribution < 1.29 is 14.0 Å². The molecule has 1 saturated heterocycles. The zero-order valence-electron chi connectivity index (χ0n) is 13.2. The summed E-state index contributed by atoms with van der Waals surface area (Å²) in [6.45, 7) is 4.64. The van der Waals surface area contributed by atoms with Crippen LogP contribution in [0.3, 0.4) is 0 Å². The first-order valence-corrected chi connectivity index (χ1v) is 7.97. The SMILES string of the molecule is COCc1noc([C@H](C)N2CCO[C@H](c3cccc(Cl)c3)C2)n1. The summed E-state index contributed by atoms with van der Waals surface area (Å²) in [4.78, 5) is 6.66. The molecule has 0 bridgehead atoms. The van der Waals surface area contributed by atoms with Crippen molar-refractivity contribution in [1.82, 2.24) is 15.0 Å². The number of rotatable bonds is 5. The number of aromatic nitrogens is 2. The topological polar surface area (TPSA) is 60.6 Å². The summed E-state index contributed by atoms with van der Waals surface area (Å²) in [6.07, 6.45) is -0.00809. The van der Waals surface area contributed by atoms with Crippen LogP contribution in [0, 0.1) is 0 Å². The number of methoxy groups -OCH3 is 1. The molecule has 0 saturated carbocycles. The molecule has 0 amide bonds. The minimum Gasteiger partial charge on any atom is -0.377 e. The lowest BCUT2D eigenvalue weighted by Gasteiger charge is -2.35. The number of ether oxygens (including phenoxy) is 2. The smallest absolute Gasteiger partial charge is 0.243 e. The third kappa shape index (κ3) is 3.90. The first-order valence-electron chi connectivity index (χ1n) is 7.60. The highest BCUT2D eigenvalue weighted by molar-refractivity contribution is 6.30. The van der Waals surface area contributed by atoms with Gasteiger partial charge in [-0.05, 0) is 24.6 Å². The minimum atomic E-state index is -0.00809. The fraction of sp³-hybridized carbons (Fsp3) is 0.500. The summed E-state index contributed by atoms with van der Waals surface area (Å²) in [6, 6.07) is 7.82. The van der Waals surface area contributed by atoms with Gasteiger partial charge in [-0.1, -0.05) is 28.9 Å². The van der Waals surface area contributed by atoms with Crippen LogP contribution in [0.2, 0.25) is 5.02 Å². The van der Waals surface area contributed by atoms with Gasteiger partial charge in [0.2, 0.25) is 5.89 Å². The van der Waals surface area contributed by atoms with Gasteiger partial charge in [-0.25, -0.2) is 0 Å². The van der Waals surface area contributed by atoms with E-state index >= 15 is 0 Å². The second kappa shape index (κ2) is 7.40. The molecule has 1 fully saturated rings. The van der Waals surface area contributed by atoms with E-state index in [1.165, 1.54) is 0 Å². The fourth-order valence-corrected chi connectivity index (χ4v) is 2.91. The molecule has 23 heavy (non-hydrogen) atoms. The molecule has 7 heteroatoms. The maximum absolute atomic E-state index is 6.08. The van der Waals surface area contributed by atoms with Crippen LogP contribution in [-0.2, 0) is 16.1 Å². The van der Waals surface area contributed by atoms with Gasteiger partial charge in [0, 0.05) is 25.2 Å². The monoisotopic (exact) mass is 337 g/mol. The largest absolute Gasteiger partial charge is 0.377 e. The molecule has 0 unspecified atom stereocenters. The van der Waals surface area contributed by atoms with E-state index in [-0.39, 0.29) is 12.1 Å². The standard InChI is InChI=1S/C16H20ClN3O3/c1-11(16-18-15(10-21-2)19-23-16)20-6-7-22-14(9-20)12-4-3-5-13(17)8-12/h3-5,8,11,14H,6-7,9-10H2,1-2H3/t11-,14-/m0/s1. The van der Waals surface area contributed by atoms with Crippen LogP contribution < -0.4 is 0 Å². The highest BCUT2D eigenvalue weighted by Gasteiger charge is 2.28. The van der Waals surface area contributed by atoms with Gasteiger partial charge in [-0.15, -0.1) is 0 Å². The van der Waals surface area contributed by atoms with Crippen LogP contribution in [0.15, 0.2) is 28.8 Å². The van der Waals surface area contributed by atoms with Crippen molar-refractivity contribution in [2.45, 2.75) is 25.7 Å². The molecule has 0 spiro atoms. The lowest BCUT2D eigenvalue weighted by molar-refractivity contribution is -0.0469. The van der Waals surface area contributed by atoms with Crippen molar-refractivity contribution in [1.29, 1.82) is 0 Å². The third-order valence-electron chi connectivity index (χ3n) is 3.98. The summed E-state index contributed by atoms with van der Waals surface area (Å²) in [5, 5.41) is 4.64. The highest BCUT2D eigenvalue weighted by Crippen LogP contribution is 2.29. The van der Waals surface area contributed by atoms with Crippen LogP contribution in [0.25, 0.3) is 0 Å². The Labute approximate surface area is 140 Å². The molecule has 1 aromatic heterocycles. The predicted octanol–water partition coefficient (Wildman–Crippen LogP) is 3.00. The molecular weight excluding hydrogens is 318 g/mol. The minimum absolute atomic E-state index is 0.00809. The number of hydrogen-bond acceptors (Lipinski definition) is 6. The summed E-state index contributed by atoms with van der Waals surface area (Å²) >= 11 is 6.08. The summed E-state index contributed by atoms with van der Waals surface area (Å²) in [7, 11) is 1.61. The van der Waals surface area contributed by atoms with Crippen molar-refractivity contribution in [3.05, 3.63) is 46.6 Å². The van der Waals surface area contributed by atoms with Crippen LogP contribution in [-0.4, -0.2) is 41.8 Å². The summed E-state index contributed by atoms with van der Waals surface area (Å²) in [5.41, 5.74) is 1.08. The van der Waals surface area contributed by atoms with Gasteiger partial charge in [0.1, 0.15) is 6.61 Å². The third-order valence-corrected chi connectivity index (χ3v) is 4.22. The quantitative estimate of drug-likeness (QED) is 0.835. The van der Waals surface area contributed by atoms with E-state index in [0.29, 0.717) is 24.9 Å². The first-order chi connectivity index (χ1) is 11.2. The van der Waals surface area contributed by atoms with Crippen LogP contribution in [0.4, 0.5) is 0 Å². The van der Waals surface area contributed by atoms with Gasteiger partial charge in [0.05, 0.1) is 18.8 Å². The molecule has 3 rings (SSSR count). The molecule has 0 N–H and O–H groups in total. The Morgan fingerprint density at radius 3 is 3.13 bits per heavy atom. The van der Waals surface area contributed by atoms with Gasteiger partial charge in [-0.3, -0.25) is 4.90 Å². The van der Waals surface area contributed by atoms with Gasteiger partial charge in [0.15, 0.2) is 5.82 Å². The fourth-order valence-electron chi connectivity index (χ4n) is 2.71. The van der Waals surface area contributed by atoms with Crippen LogP contribution >= 0.6 is 11.6 Å². The summed E-state index contributed by atoms with van der Waals surface area (Å²) < 4.78 is 16.3. The van der Waals surface area contributed by atoms with E-state index < -0.39 is 0 Å². The van der Waals surface area contributed by atoms with E-state index in [1.807, 2.05) is 24.3 Å². The molecule has 0 aliphatic carbocycles. The average Bonchev–Trinajstić information content (AvgIpc) is 3.03. The highest BCUT2D eigenvalue weighted by atomic mass is 35.5. The second-order valence-electron chi connectivity index (χ2n) is 5.57. The van der Waals surface area contributed by atoms with E-state index in [1.54, 1.807) is 7.11 Å². The van der Waals surface area contributed by atoms with E-state index in [2.05, 4.69) is 22.0 Å². The molecule has 2 heterocycles. The van der Waals surface area contributed by atoms with Crippen molar-refractivity contribution in [3.63, 3.8) is 0 Å². The predicted molar refractivity (Wildman–Crippen MR) is 85.1 cm³/mol. The Balaban J connectivity index is 1.69. The van der Waals surface area contributed by atoms with Crippen LogP contribution in [0.1, 0.15) is 36.3 Å². The Morgan fingerprint density at radius 1 is 1.48 bits per heavy atom. The Bertz CT molecular complexity index is 649. The van der Waals surface area contributed by atoms with Gasteiger partial charge >= 0.3 is 0 Å². The molecule has 0 radical (unpaired) electrons. The van der Waals surface area contributed by atoms with Gasteiger partial charge in [0.25, 0.3) is 0 Å². The van der Waals surface area contributed by atoms with Crippen molar-refractivity contribution >= 4 is 11.6 Å². The van der Waals surface area contributed by atoms with E-state index in [0.717, 1.165) is 23.7 Å². The molecule has 1 aromatic carbocycles. The van der Waals surface area contributed by atoms with Crippen molar-refractivity contribution in [2.24, 2.45) is 0 Å². The number of nitrogens with zero attached hydrogens (tertiary/aromatic N) is 3. The van der Waals surface area contributed by atoms with Crippen molar-refractivity contribution in [3.8, 4) is 0 Å². The number of hydrogen-bond donors (Lipinski definition) is 0. The molecular formula is C16H20ClN3O3. The molecule has 1 aliphatic heterocycles. The number of morpholine rings is 1. The molecule has 2 atom stereocenters. The van der Waals surface area contributed by atoms with Gasteiger partial charge < -0.3 is 14.0 Å². The number of halogens is 1. The summed E-state index contributed by atoms with van der Waals surface area (Å²) in [5.74, 6) is 1.16. The van der Waals surface area contributed by atoms with E-state index in [9.17, 15) is 0 Å². The average molecular weight is 338 g/mol.